The van der Waals surface area contributed by atoms with Gasteiger partial charge in [0.1, 0.15) is 6.04 Å². The molecule has 0 radical (unpaired) electrons. The molecule has 0 saturated carbocycles. The van der Waals surface area contributed by atoms with E-state index in [1.54, 1.807) is 18.2 Å². The van der Waals surface area contributed by atoms with E-state index in [4.69, 9.17) is 10.5 Å². The first kappa shape index (κ1) is 14.9. The summed E-state index contributed by atoms with van der Waals surface area (Å²) >= 11 is 0.372. The second kappa shape index (κ2) is 7.30. The van der Waals surface area contributed by atoms with Crippen molar-refractivity contribution in [1.29, 1.82) is 0 Å². The van der Waals surface area contributed by atoms with Crippen LogP contribution >= 0.6 is 11.8 Å². The van der Waals surface area contributed by atoms with Crippen molar-refractivity contribution in [2.24, 2.45) is 5.73 Å². The van der Waals surface area contributed by atoms with Crippen molar-refractivity contribution >= 4 is 23.4 Å². The molecule has 0 heterocycles. The van der Waals surface area contributed by atoms with Gasteiger partial charge in [0.05, 0.1) is 12.3 Å². The van der Waals surface area contributed by atoms with E-state index < -0.39 is 17.7 Å². The van der Waals surface area contributed by atoms with Crippen LogP contribution in [0.3, 0.4) is 0 Å². The van der Waals surface area contributed by atoms with E-state index >= 15 is 0 Å². The highest BCUT2D eigenvalue weighted by molar-refractivity contribution is 7.99. The van der Waals surface area contributed by atoms with E-state index in [1.807, 2.05) is 0 Å². The number of para-hydroxylation sites is 1. The first-order chi connectivity index (χ1) is 8.54. The number of nitrogens with one attached hydrogen (secondary N) is 1. The molecule has 1 unspecified atom stereocenters. The van der Waals surface area contributed by atoms with Crippen LogP contribution in [0.4, 0.5) is 14.5 Å². The highest BCUT2D eigenvalue weighted by Gasteiger charge is 2.16. The lowest BCUT2D eigenvalue weighted by atomic mass is 10.2. The van der Waals surface area contributed by atoms with Crippen LogP contribution in [-0.2, 0) is 9.53 Å². The van der Waals surface area contributed by atoms with Gasteiger partial charge in [0, 0.05) is 12.0 Å². The zero-order valence-corrected chi connectivity index (χ0v) is 10.5. The average molecular weight is 276 g/mol. The van der Waals surface area contributed by atoms with Gasteiger partial charge in [-0.1, -0.05) is 23.9 Å². The first-order valence-electron chi connectivity index (χ1n) is 5.13. The Morgan fingerprint density at radius 3 is 2.78 bits per heavy atom. The van der Waals surface area contributed by atoms with E-state index in [0.717, 1.165) is 0 Å². The molecule has 3 N–H and O–H groups in total. The Morgan fingerprint density at radius 2 is 2.17 bits per heavy atom. The van der Waals surface area contributed by atoms with E-state index in [9.17, 15) is 13.6 Å². The summed E-state index contributed by atoms with van der Waals surface area (Å²) in [5, 5.41) is 2.50. The summed E-state index contributed by atoms with van der Waals surface area (Å²) < 4.78 is 29.4. The van der Waals surface area contributed by atoms with Gasteiger partial charge in [-0.3, -0.25) is 4.79 Å². The molecule has 0 aliphatic carbocycles. The van der Waals surface area contributed by atoms with Gasteiger partial charge in [-0.2, -0.15) is 8.78 Å². The topological polar surface area (TPSA) is 64.3 Å². The summed E-state index contributed by atoms with van der Waals surface area (Å²) in [6.45, 7) is 0.0655. The maximum Gasteiger partial charge on any atom is 0.288 e. The number of methoxy groups -OCH3 is 1. The molecule has 7 heteroatoms. The van der Waals surface area contributed by atoms with Gasteiger partial charge < -0.3 is 15.8 Å². The summed E-state index contributed by atoms with van der Waals surface area (Å²) in [4.78, 5) is 11.9. The van der Waals surface area contributed by atoms with Crippen molar-refractivity contribution in [2.75, 3.05) is 19.0 Å². The SMILES string of the molecule is COCC(N)C(=O)Nc1ccccc1SC(F)F. The Morgan fingerprint density at radius 1 is 1.50 bits per heavy atom. The fourth-order valence-corrected chi connectivity index (χ4v) is 1.84. The standard InChI is InChI=1S/C11H14F2N2O2S/c1-17-6-7(14)10(16)15-8-4-2-3-5-9(8)18-11(12)13/h2-5,7,11H,6,14H2,1H3,(H,15,16). The summed E-state index contributed by atoms with van der Waals surface area (Å²) in [5.74, 6) is -3.02. The fraction of sp³-hybridized carbons (Fsp3) is 0.364. The molecule has 0 aliphatic rings. The molecule has 0 fully saturated rings. The number of hydrogen-bond acceptors (Lipinski definition) is 4. The van der Waals surface area contributed by atoms with Crippen molar-refractivity contribution < 1.29 is 18.3 Å². The highest BCUT2D eigenvalue weighted by Crippen LogP contribution is 2.31. The van der Waals surface area contributed by atoms with Crippen LogP contribution in [0.15, 0.2) is 29.2 Å². The predicted octanol–water partition coefficient (Wildman–Crippen LogP) is 1.91. The number of benzene rings is 1. The number of thioether (sulfide) groups is 1. The first-order valence-corrected chi connectivity index (χ1v) is 6.01. The van der Waals surface area contributed by atoms with Gasteiger partial charge in [0.25, 0.3) is 5.76 Å². The molecule has 1 amide bonds. The van der Waals surface area contributed by atoms with Gasteiger partial charge in [-0.05, 0) is 12.1 Å². The lowest BCUT2D eigenvalue weighted by Crippen LogP contribution is -2.39. The van der Waals surface area contributed by atoms with Crippen LogP contribution < -0.4 is 11.1 Å². The molecule has 0 saturated heterocycles. The van der Waals surface area contributed by atoms with E-state index in [1.165, 1.54) is 13.2 Å². The third-order valence-electron chi connectivity index (χ3n) is 2.04. The van der Waals surface area contributed by atoms with Crippen molar-refractivity contribution in [3.8, 4) is 0 Å². The Balaban J connectivity index is 2.74. The molecule has 0 aromatic heterocycles. The molecule has 1 rings (SSSR count). The summed E-state index contributed by atoms with van der Waals surface area (Å²) in [5.41, 5.74) is 5.85. The third kappa shape index (κ3) is 4.59. The van der Waals surface area contributed by atoms with Gasteiger partial charge >= 0.3 is 0 Å². The number of hydrogen-bond donors (Lipinski definition) is 2. The van der Waals surface area contributed by atoms with Crippen molar-refractivity contribution in [2.45, 2.75) is 16.7 Å². The van der Waals surface area contributed by atoms with Crippen LogP contribution in [0, 0.1) is 0 Å². The van der Waals surface area contributed by atoms with Gasteiger partial charge in [-0.15, -0.1) is 0 Å². The molecular formula is C11H14F2N2O2S. The van der Waals surface area contributed by atoms with Crippen molar-refractivity contribution in [1.82, 2.24) is 0 Å². The van der Waals surface area contributed by atoms with Gasteiger partial charge in [0.2, 0.25) is 5.91 Å². The van der Waals surface area contributed by atoms with E-state index in [0.29, 0.717) is 22.3 Å². The molecule has 100 valence electrons. The molecule has 1 aromatic carbocycles. The quantitative estimate of drug-likeness (QED) is 0.779. The smallest absolute Gasteiger partial charge is 0.288 e. The fourth-order valence-electron chi connectivity index (χ4n) is 1.25. The third-order valence-corrected chi connectivity index (χ3v) is 2.83. The number of carbonyl (C=O) groups excluding carboxylic acids is 1. The summed E-state index contributed by atoms with van der Waals surface area (Å²) in [6.07, 6.45) is 0. The second-order valence-corrected chi connectivity index (χ2v) is 4.46. The second-order valence-electron chi connectivity index (χ2n) is 3.43. The highest BCUT2D eigenvalue weighted by atomic mass is 32.2. The molecule has 4 nitrogen and oxygen atoms in total. The minimum atomic E-state index is -2.55. The summed E-state index contributed by atoms with van der Waals surface area (Å²) in [7, 11) is 1.42. The van der Waals surface area contributed by atoms with Crippen LogP contribution in [0.2, 0.25) is 0 Å². The predicted molar refractivity (Wildman–Crippen MR) is 66.8 cm³/mol. The van der Waals surface area contributed by atoms with Crippen LogP contribution in [0.25, 0.3) is 0 Å². The Labute approximate surface area is 108 Å². The van der Waals surface area contributed by atoms with Crippen molar-refractivity contribution in [3.05, 3.63) is 24.3 Å². The Hall–Kier alpha value is -1.18. The van der Waals surface area contributed by atoms with Crippen LogP contribution in [-0.4, -0.2) is 31.4 Å². The monoisotopic (exact) mass is 276 g/mol. The average Bonchev–Trinajstić information content (AvgIpc) is 2.31. The maximum absolute atomic E-state index is 12.3. The lowest BCUT2D eigenvalue weighted by molar-refractivity contribution is -0.118. The number of alkyl halides is 2. The zero-order chi connectivity index (χ0) is 13.5. The summed E-state index contributed by atoms with van der Waals surface area (Å²) in [6, 6.07) is 5.48. The van der Waals surface area contributed by atoms with Crippen LogP contribution in [0.5, 0.6) is 0 Å². The number of anilines is 1. The normalized spacial score (nSPS) is 12.5. The number of amides is 1. The number of halogens is 2. The van der Waals surface area contributed by atoms with Gasteiger partial charge in [-0.25, -0.2) is 0 Å². The minimum Gasteiger partial charge on any atom is -0.383 e. The van der Waals surface area contributed by atoms with E-state index in [-0.39, 0.29) is 6.61 Å². The lowest BCUT2D eigenvalue weighted by Gasteiger charge is -2.13. The van der Waals surface area contributed by atoms with Crippen molar-refractivity contribution in [3.63, 3.8) is 0 Å². The van der Waals surface area contributed by atoms with Crippen LogP contribution in [0.1, 0.15) is 0 Å². The maximum atomic E-state index is 12.3. The molecule has 0 spiro atoms. The Bertz CT molecular complexity index is 404. The van der Waals surface area contributed by atoms with Gasteiger partial charge in [0.15, 0.2) is 0 Å². The minimum absolute atomic E-state index is 0.0655. The largest absolute Gasteiger partial charge is 0.383 e. The number of ether oxygens (including phenoxy) is 1. The molecule has 18 heavy (non-hydrogen) atoms. The molecule has 1 aromatic rings. The number of nitrogens with two attached hydrogens (primary N) is 1. The molecular weight excluding hydrogens is 262 g/mol. The Kier molecular flexibility index (Phi) is 6.03. The molecule has 0 bridgehead atoms. The van der Waals surface area contributed by atoms with E-state index in [2.05, 4.69) is 5.32 Å². The number of carbonyl (C=O) groups is 1. The molecule has 0 aliphatic heterocycles. The molecule has 1 atom stereocenters. The number of rotatable bonds is 6. The zero-order valence-electron chi connectivity index (χ0n) is 9.73.